The number of amides is 1. The average Bonchev–Trinajstić information content (AvgIpc) is 3.38. The third kappa shape index (κ3) is 3.35. The topological polar surface area (TPSA) is 42.4 Å². The maximum absolute atomic E-state index is 13.7. The second-order valence-corrected chi connectivity index (χ2v) is 8.81. The summed E-state index contributed by atoms with van der Waals surface area (Å²) in [5.41, 5.74) is 4.00. The van der Waals surface area contributed by atoms with Crippen LogP contribution in [0.3, 0.4) is 0 Å². The van der Waals surface area contributed by atoms with Crippen molar-refractivity contribution in [3.05, 3.63) is 83.9 Å². The van der Waals surface area contributed by atoms with Crippen LogP contribution < -0.4 is 9.64 Å². The number of hydrogen-bond acceptors (Lipinski definition) is 4. The van der Waals surface area contributed by atoms with Gasteiger partial charge < -0.3 is 4.74 Å². The molecule has 30 heavy (non-hydrogen) atoms. The maximum atomic E-state index is 13.7. The summed E-state index contributed by atoms with van der Waals surface area (Å²) in [5, 5.41) is 0.665. The van der Waals surface area contributed by atoms with Crippen LogP contribution >= 0.6 is 11.3 Å². The average molecular weight is 415 g/mol. The monoisotopic (exact) mass is 414 g/mol. The van der Waals surface area contributed by atoms with E-state index in [9.17, 15) is 4.79 Å². The third-order valence-corrected chi connectivity index (χ3v) is 6.46. The zero-order valence-electron chi connectivity index (χ0n) is 16.9. The Morgan fingerprint density at radius 2 is 1.77 bits per heavy atom. The first kappa shape index (κ1) is 18.8. The number of thiazole rings is 1. The predicted molar refractivity (Wildman–Crippen MR) is 122 cm³/mol. The number of ether oxygens (including phenoxy) is 1. The van der Waals surface area contributed by atoms with Crippen LogP contribution in [0, 0.1) is 0 Å². The van der Waals surface area contributed by atoms with Crippen LogP contribution in [-0.4, -0.2) is 17.0 Å². The van der Waals surface area contributed by atoms with Crippen LogP contribution in [0.5, 0.6) is 5.75 Å². The van der Waals surface area contributed by atoms with E-state index in [0.717, 1.165) is 27.2 Å². The molecule has 0 saturated heterocycles. The molecule has 1 unspecified atom stereocenters. The van der Waals surface area contributed by atoms with E-state index in [-0.39, 0.29) is 5.91 Å². The smallest absolute Gasteiger partial charge is 0.274 e. The van der Waals surface area contributed by atoms with Crippen molar-refractivity contribution in [1.82, 2.24) is 4.98 Å². The Balaban J connectivity index is 1.55. The molecule has 4 aromatic rings. The zero-order chi connectivity index (χ0) is 20.7. The van der Waals surface area contributed by atoms with Crippen molar-refractivity contribution in [3.8, 4) is 5.75 Å². The Kier molecular flexibility index (Phi) is 4.75. The number of nitrogens with zero attached hydrogens (tertiary/aromatic N) is 2. The molecule has 1 atom stereocenters. The van der Waals surface area contributed by atoms with Gasteiger partial charge in [-0.25, -0.2) is 4.98 Å². The molecule has 0 aliphatic carbocycles. The van der Waals surface area contributed by atoms with E-state index in [4.69, 9.17) is 9.72 Å². The lowest BCUT2D eigenvalue weighted by Crippen LogP contribution is -2.38. The molecule has 1 aliphatic heterocycles. The Hall–Kier alpha value is -3.18. The van der Waals surface area contributed by atoms with Crippen molar-refractivity contribution < 1.29 is 9.53 Å². The summed E-state index contributed by atoms with van der Waals surface area (Å²) in [7, 11) is 0. The summed E-state index contributed by atoms with van der Waals surface area (Å²) >= 11 is 1.52. The van der Waals surface area contributed by atoms with Gasteiger partial charge in [0.25, 0.3) is 5.91 Å². The zero-order valence-corrected chi connectivity index (χ0v) is 17.7. The highest BCUT2D eigenvalue weighted by atomic mass is 32.1. The Bertz CT molecular complexity index is 1160. The summed E-state index contributed by atoms with van der Waals surface area (Å²) in [4.78, 5) is 20.1. The Labute approximate surface area is 179 Å². The van der Waals surface area contributed by atoms with Crippen molar-refractivity contribution in [3.63, 3.8) is 0 Å². The lowest BCUT2D eigenvalue weighted by Gasteiger charge is -2.23. The third-order valence-electron chi connectivity index (χ3n) is 5.43. The molecule has 0 radical (unpaired) electrons. The number of fused-ring (bicyclic) bond motifs is 2. The summed E-state index contributed by atoms with van der Waals surface area (Å²) in [6.07, 6.45) is 0.0136. The van der Waals surface area contributed by atoms with Gasteiger partial charge in [-0.3, -0.25) is 9.69 Å². The van der Waals surface area contributed by atoms with E-state index in [1.165, 1.54) is 16.9 Å². The van der Waals surface area contributed by atoms with Crippen molar-refractivity contribution in [1.29, 1.82) is 0 Å². The molecular formula is C25H22N2O2S. The molecule has 5 heteroatoms. The number of carbonyl (C=O) groups excluding carboxylic acids is 1. The fraction of sp³-hybridized carbons (Fsp3) is 0.200. The first-order valence-corrected chi connectivity index (χ1v) is 11.0. The van der Waals surface area contributed by atoms with Crippen LogP contribution in [-0.2, 0) is 11.2 Å². The lowest BCUT2D eigenvalue weighted by molar-refractivity contribution is -0.123. The normalized spacial score (nSPS) is 15.2. The first-order valence-electron chi connectivity index (χ1n) is 10.1. The van der Waals surface area contributed by atoms with Crippen LogP contribution in [0.25, 0.3) is 10.2 Å². The van der Waals surface area contributed by atoms with E-state index in [0.29, 0.717) is 17.5 Å². The minimum atomic E-state index is -0.556. The van der Waals surface area contributed by atoms with Crippen molar-refractivity contribution in [2.24, 2.45) is 0 Å². The van der Waals surface area contributed by atoms with Crippen molar-refractivity contribution in [2.45, 2.75) is 32.3 Å². The molecule has 0 spiro atoms. The van der Waals surface area contributed by atoms with Crippen LogP contribution in [0.15, 0.2) is 72.8 Å². The highest BCUT2D eigenvalue weighted by Crippen LogP contribution is 2.37. The summed E-state index contributed by atoms with van der Waals surface area (Å²) in [6, 6.07) is 24.0. The molecule has 150 valence electrons. The number of para-hydroxylation sites is 2. The first-order chi connectivity index (χ1) is 14.6. The van der Waals surface area contributed by atoms with Crippen molar-refractivity contribution in [2.75, 3.05) is 4.90 Å². The molecule has 3 aromatic carbocycles. The number of carbonyl (C=O) groups is 1. The molecule has 1 aromatic heterocycles. The molecular weight excluding hydrogens is 392 g/mol. The maximum Gasteiger partial charge on any atom is 0.274 e. The van der Waals surface area contributed by atoms with E-state index >= 15 is 0 Å². The number of anilines is 2. The van der Waals surface area contributed by atoms with Gasteiger partial charge >= 0.3 is 0 Å². The highest BCUT2D eigenvalue weighted by Gasteiger charge is 2.35. The minimum absolute atomic E-state index is 0.0949. The Morgan fingerprint density at radius 1 is 1.03 bits per heavy atom. The molecule has 0 fully saturated rings. The molecule has 0 N–H and O–H groups in total. The summed E-state index contributed by atoms with van der Waals surface area (Å²) in [6.45, 7) is 4.32. The number of rotatable bonds is 4. The number of aromatic nitrogens is 1. The van der Waals surface area contributed by atoms with E-state index in [1.54, 1.807) is 4.90 Å². The van der Waals surface area contributed by atoms with E-state index in [2.05, 4.69) is 26.0 Å². The van der Waals surface area contributed by atoms with Gasteiger partial charge in [0.1, 0.15) is 5.75 Å². The van der Waals surface area contributed by atoms with Gasteiger partial charge in [-0.05, 0) is 47.4 Å². The second-order valence-electron chi connectivity index (χ2n) is 7.80. The van der Waals surface area contributed by atoms with Gasteiger partial charge in [0.15, 0.2) is 11.2 Å². The summed E-state index contributed by atoms with van der Waals surface area (Å²) < 4.78 is 7.07. The largest absolute Gasteiger partial charge is 0.480 e. The fourth-order valence-electron chi connectivity index (χ4n) is 3.76. The van der Waals surface area contributed by atoms with Gasteiger partial charge in [0.05, 0.1) is 15.9 Å². The highest BCUT2D eigenvalue weighted by molar-refractivity contribution is 7.22. The fourth-order valence-corrected chi connectivity index (χ4v) is 4.75. The van der Waals surface area contributed by atoms with Crippen LogP contribution in [0.1, 0.15) is 30.9 Å². The molecule has 0 saturated carbocycles. The number of hydrogen-bond donors (Lipinski definition) is 0. The lowest BCUT2D eigenvalue weighted by atomic mass is 10.0. The van der Waals surface area contributed by atoms with Crippen LogP contribution in [0.2, 0.25) is 0 Å². The quantitative estimate of drug-likeness (QED) is 0.406. The minimum Gasteiger partial charge on any atom is -0.480 e. The van der Waals surface area contributed by atoms with Crippen molar-refractivity contribution >= 4 is 38.3 Å². The van der Waals surface area contributed by atoms with E-state index in [1.807, 2.05) is 60.7 Å². The van der Waals surface area contributed by atoms with Gasteiger partial charge in [-0.1, -0.05) is 67.6 Å². The standard InChI is InChI=1S/C25H22N2O2S/c1-16(2)17-11-13-19(14-12-17)27(25-26-20-8-4-6-10-23(20)30-25)24(28)22-15-18-7-3-5-9-21(18)29-22/h3-14,16,22H,15H2,1-2H3. The second kappa shape index (κ2) is 7.58. The van der Waals surface area contributed by atoms with Gasteiger partial charge in [-0.15, -0.1) is 0 Å². The predicted octanol–water partition coefficient (Wildman–Crippen LogP) is 6.09. The van der Waals surface area contributed by atoms with Gasteiger partial charge in [0, 0.05) is 6.42 Å². The molecule has 1 amide bonds. The molecule has 4 nitrogen and oxygen atoms in total. The van der Waals surface area contributed by atoms with Crippen LogP contribution in [0.4, 0.5) is 10.8 Å². The van der Waals surface area contributed by atoms with Gasteiger partial charge in [0.2, 0.25) is 0 Å². The van der Waals surface area contributed by atoms with Gasteiger partial charge in [-0.2, -0.15) is 0 Å². The molecule has 2 heterocycles. The number of benzene rings is 3. The summed E-state index contributed by atoms with van der Waals surface area (Å²) in [5.74, 6) is 1.12. The van der Waals surface area contributed by atoms with E-state index < -0.39 is 6.10 Å². The Morgan fingerprint density at radius 3 is 2.50 bits per heavy atom. The molecule has 5 rings (SSSR count). The molecule has 0 bridgehead atoms. The SMILES string of the molecule is CC(C)c1ccc(N(C(=O)C2Cc3ccccc3O2)c2nc3ccccc3s2)cc1. The molecule has 1 aliphatic rings.